The van der Waals surface area contributed by atoms with Gasteiger partial charge in [0, 0.05) is 47.7 Å². The second-order valence-corrected chi connectivity index (χ2v) is 8.74. The Balaban J connectivity index is 1.46. The first-order valence-corrected chi connectivity index (χ1v) is 11.5. The van der Waals surface area contributed by atoms with Crippen molar-refractivity contribution in [1.82, 2.24) is 24.4 Å². The Morgan fingerprint density at radius 1 is 1.11 bits per heavy atom. The van der Waals surface area contributed by atoms with Crippen LogP contribution in [0, 0.1) is 24.0 Å². The monoisotopic (exact) mass is 517 g/mol. The van der Waals surface area contributed by atoms with Crippen LogP contribution in [0.1, 0.15) is 21.7 Å². The zero-order chi connectivity index (χ0) is 26.3. The number of halogens is 1. The Bertz CT molecular complexity index is 1690. The minimum atomic E-state index is -0.563. The lowest BCUT2D eigenvalue weighted by atomic mass is 10.2. The molecule has 0 fully saturated rings. The van der Waals surface area contributed by atoms with E-state index in [-0.39, 0.29) is 22.8 Å². The van der Waals surface area contributed by atoms with E-state index in [1.54, 1.807) is 45.9 Å². The van der Waals surface area contributed by atoms with E-state index >= 15 is 0 Å². The number of nitro groups is 1. The molecule has 5 rings (SSSR count). The number of rotatable bonds is 6. The van der Waals surface area contributed by atoms with E-state index in [2.05, 4.69) is 20.5 Å². The van der Waals surface area contributed by atoms with Crippen LogP contribution in [0.4, 0.5) is 11.4 Å². The Labute approximate surface area is 215 Å². The van der Waals surface area contributed by atoms with Crippen molar-refractivity contribution in [2.45, 2.75) is 13.8 Å². The van der Waals surface area contributed by atoms with Gasteiger partial charge >= 0.3 is 0 Å². The number of anilines is 1. The minimum Gasteiger partial charge on any atom is -0.457 e. The van der Waals surface area contributed by atoms with Crippen molar-refractivity contribution in [2.24, 2.45) is 7.05 Å². The number of ether oxygens (including phenoxy) is 1. The van der Waals surface area contributed by atoms with E-state index in [9.17, 15) is 14.9 Å². The van der Waals surface area contributed by atoms with Gasteiger partial charge in [-0.15, -0.1) is 0 Å². The average Bonchev–Trinajstić information content (AvgIpc) is 3.45. The summed E-state index contributed by atoms with van der Waals surface area (Å²) in [5, 5.41) is 23.5. The minimum absolute atomic E-state index is 0.0868. The molecule has 0 atom stereocenters. The molecule has 0 spiro atoms. The van der Waals surface area contributed by atoms with Crippen LogP contribution >= 0.6 is 11.6 Å². The zero-order valence-electron chi connectivity index (χ0n) is 20.0. The number of carbonyl (C=O) groups excluding carboxylic acids is 1. The summed E-state index contributed by atoms with van der Waals surface area (Å²) in [4.78, 5) is 28.3. The number of nitro benzene ring substituents is 1. The number of aryl methyl sites for hydroxylation is 2. The van der Waals surface area contributed by atoms with Gasteiger partial charge in [0.2, 0.25) is 0 Å². The van der Waals surface area contributed by atoms with Gasteiger partial charge < -0.3 is 10.1 Å². The molecule has 0 unspecified atom stereocenters. The molecule has 0 aliphatic rings. The van der Waals surface area contributed by atoms with Gasteiger partial charge in [0.15, 0.2) is 11.3 Å². The molecule has 1 amide bonds. The second-order valence-electron chi connectivity index (χ2n) is 8.34. The Kier molecular flexibility index (Phi) is 6.06. The molecule has 3 aromatic heterocycles. The lowest BCUT2D eigenvalue weighted by Crippen LogP contribution is -2.13. The molecule has 37 heavy (non-hydrogen) atoms. The first kappa shape index (κ1) is 23.9. The van der Waals surface area contributed by atoms with Crippen molar-refractivity contribution in [3.8, 4) is 22.8 Å². The summed E-state index contributed by atoms with van der Waals surface area (Å²) in [6.07, 6.45) is 3.35. The van der Waals surface area contributed by atoms with Crippen LogP contribution in [0.2, 0.25) is 5.02 Å². The van der Waals surface area contributed by atoms with Gasteiger partial charge in [0.1, 0.15) is 11.5 Å². The van der Waals surface area contributed by atoms with E-state index in [1.165, 1.54) is 24.3 Å². The van der Waals surface area contributed by atoms with Crippen molar-refractivity contribution < 1.29 is 14.5 Å². The number of benzene rings is 2. The Morgan fingerprint density at radius 3 is 2.62 bits per heavy atom. The fourth-order valence-corrected chi connectivity index (χ4v) is 3.91. The molecule has 3 heterocycles. The van der Waals surface area contributed by atoms with Gasteiger partial charge in [-0.1, -0.05) is 11.6 Å². The molecular formula is C25H20ClN7O4. The predicted molar refractivity (Wildman–Crippen MR) is 137 cm³/mol. The highest BCUT2D eigenvalue weighted by Crippen LogP contribution is 2.31. The maximum atomic E-state index is 13.1. The van der Waals surface area contributed by atoms with Crippen LogP contribution in [0.3, 0.4) is 0 Å². The number of hydrogen-bond acceptors (Lipinski definition) is 7. The molecule has 2 aromatic carbocycles. The number of carbonyl (C=O) groups is 1. The summed E-state index contributed by atoms with van der Waals surface area (Å²) in [7, 11) is 1.84. The Hall–Kier alpha value is -4.77. The van der Waals surface area contributed by atoms with Crippen molar-refractivity contribution in [1.29, 1.82) is 0 Å². The smallest absolute Gasteiger partial charge is 0.276 e. The molecule has 0 saturated heterocycles. The van der Waals surface area contributed by atoms with E-state index in [1.807, 2.05) is 20.9 Å². The van der Waals surface area contributed by atoms with Crippen LogP contribution in [0.5, 0.6) is 11.5 Å². The average molecular weight is 518 g/mol. The molecular weight excluding hydrogens is 498 g/mol. The summed E-state index contributed by atoms with van der Waals surface area (Å²) in [6.45, 7) is 3.75. The highest BCUT2D eigenvalue weighted by Gasteiger charge is 2.18. The maximum Gasteiger partial charge on any atom is 0.276 e. The molecule has 0 radical (unpaired) electrons. The van der Waals surface area contributed by atoms with Crippen molar-refractivity contribution >= 4 is 34.5 Å². The van der Waals surface area contributed by atoms with E-state index in [0.29, 0.717) is 16.4 Å². The summed E-state index contributed by atoms with van der Waals surface area (Å²) in [5.74, 6) is 0.0645. The highest BCUT2D eigenvalue weighted by atomic mass is 35.5. The first-order chi connectivity index (χ1) is 17.7. The zero-order valence-corrected chi connectivity index (χ0v) is 20.7. The Morgan fingerprint density at radius 2 is 1.92 bits per heavy atom. The standard InChI is InChI=1S/C25H20ClN7O4/c1-14-8-18(4-5-21(14)26)37-19-10-16(9-17(11-19)33(35)36)29-25(34)22-12-24-27-7-6-23(32(24)30-22)20-13-28-31(3)15(20)2/h4-13H,1-3H3,(H,29,34). The van der Waals surface area contributed by atoms with E-state index in [0.717, 1.165) is 22.5 Å². The van der Waals surface area contributed by atoms with Gasteiger partial charge in [-0.2, -0.15) is 10.2 Å². The van der Waals surface area contributed by atoms with Crippen molar-refractivity contribution in [3.63, 3.8) is 0 Å². The van der Waals surface area contributed by atoms with E-state index in [4.69, 9.17) is 16.3 Å². The number of amides is 1. The third kappa shape index (κ3) is 4.71. The quantitative estimate of drug-likeness (QED) is 0.237. The fourth-order valence-electron chi connectivity index (χ4n) is 3.79. The van der Waals surface area contributed by atoms with Gasteiger partial charge in [0.25, 0.3) is 11.6 Å². The van der Waals surface area contributed by atoms with Crippen LogP contribution in [0.25, 0.3) is 16.9 Å². The number of fused-ring (bicyclic) bond motifs is 1. The SMILES string of the molecule is Cc1cc(Oc2cc(NC(=O)c3cc4nccc(-c5cnn(C)c5C)n4n3)cc([N+](=O)[O-])c2)ccc1Cl. The van der Waals surface area contributed by atoms with Gasteiger partial charge in [-0.3, -0.25) is 19.6 Å². The van der Waals surface area contributed by atoms with E-state index < -0.39 is 10.8 Å². The summed E-state index contributed by atoms with van der Waals surface area (Å²) < 4.78 is 9.11. The maximum absolute atomic E-state index is 13.1. The number of hydrogen-bond donors (Lipinski definition) is 1. The highest BCUT2D eigenvalue weighted by molar-refractivity contribution is 6.31. The molecule has 12 heteroatoms. The normalized spacial score (nSPS) is 11.0. The summed E-state index contributed by atoms with van der Waals surface area (Å²) in [5.41, 5.74) is 3.77. The second kappa shape index (κ2) is 9.36. The molecule has 0 aliphatic heterocycles. The topological polar surface area (TPSA) is 129 Å². The molecule has 5 aromatic rings. The number of non-ortho nitro benzene ring substituents is 1. The fraction of sp³-hybridized carbons (Fsp3) is 0.120. The van der Waals surface area contributed by atoms with Crippen molar-refractivity contribution in [2.75, 3.05) is 5.32 Å². The lowest BCUT2D eigenvalue weighted by molar-refractivity contribution is -0.384. The molecule has 11 nitrogen and oxygen atoms in total. The molecule has 0 aliphatic carbocycles. The van der Waals surface area contributed by atoms with Gasteiger partial charge in [-0.05, 0) is 43.7 Å². The van der Waals surface area contributed by atoms with Gasteiger partial charge in [0.05, 0.1) is 28.6 Å². The van der Waals surface area contributed by atoms with Crippen LogP contribution in [-0.4, -0.2) is 35.2 Å². The summed E-state index contributed by atoms with van der Waals surface area (Å²) in [6, 6.07) is 12.4. The predicted octanol–water partition coefficient (Wildman–Crippen LogP) is 5.35. The largest absolute Gasteiger partial charge is 0.457 e. The molecule has 186 valence electrons. The van der Waals surface area contributed by atoms with Crippen LogP contribution in [-0.2, 0) is 7.05 Å². The molecule has 1 N–H and O–H groups in total. The van der Waals surface area contributed by atoms with Crippen LogP contribution < -0.4 is 10.1 Å². The first-order valence-electron chi connectivity index (χ1n) is 11.1. The van der Waals surface area contributed by atoms with Crippen LogP contribution in [0.15, 0.2) is 60.9 Å². The third-order valence-corrected chi connectivity index (χ3v) is 6.25. The lowest BCUT2D eigenvalue weighted by Gasteiger charge is -2.10. The van der Waals surface area contributed by atoms with Crippen molar-refractivity contribution in [3.05, 3.63) is 93.0 Å². The third-order valence-electron chi connectivity index (χ3n) is 5.83. The summed E-state index contributed by atoms with van der Waals surface area (Å²) >= 11 is 6.07. The molecule has 0 saturated carbocycles. The number of nitrogens with zero attached hydrogens (tertiary/aromatic N) is 6. The molecule has 0 bridgehead atoms. The number of nitrogens with one attached hydrogen (secondary N) is 1. The number of aromatic nitrogens is 5. The van der Waals surface area contributed by atoms with Gasteiger partial charge in [-0.25, -0.2) is 9.50 Å².